The minimum atomic E-state index is -4.09. The lowest BCUT2D eigenvalue weighted by Gasteiger charge is -2.09. The summed E-state index contributed by atoms with van der Waals surface area (Å²) in [7, 11) is -4.09. The first kappa shape index (κ1) is 15.3. The van der Waals surface area contributed by atoms with Gasteiger partial charge in [0, 0.05) is 25.4 Å². The minimum absolute atomic E-state index is 0.0684. The van der Waals surface area contributed by atoms with Crippen LogP contribution in [-0.4, -0.2) is 30.0 Å². The zero-order valence-electron chi connectivity index (χ0n) is 10.8. The summed E-state index contributed by atoms with van der Waals surface area (Å²) in [5.41, 5.74) is 4.82. The summed E-state index contributed by atoms with van der Waals surface area (Å²) in [6.45, 7) is 0.523. The lowest BCUT2D eigenvalue weighted by molar-refractivity contribution is 0.531. The standard InChI is InChI=1S/C11H13F2N5O2S/c12-8-6-9(13)11(7-10(8)14)21(19,20)16-2-1-4-18-5-3-15-17-18/h3,5-7,16H,1-2,4,14H2. The van der Waals surface area contributed by atoms with Gasteiger partial charge < -0.3 is 5.73 Å². The first-order chi connectivity index (χ1) is 9.90. The number of sulfonamides is 1. The molecule has 0 saturated carbocycles. The summed E-state index contributed by atoms with van der Waals surface area (Å²) in [6.07, 6.45) is 3.57. The summed E-state index contributed by atoms with van der Waals surface area (Å²) >= 11 is 0. The molecular weight excluding hydrogens is 304 g/mol. The van der Waals surface area contributed by atoms with Crippen molar-refractivity contribution in [1.82, 2.24) is 19.7 Å². The van der Waals surface area contributed by atoms with Gasteiger partial charge in [0.05, 0.1) is 11.9 Å². The molecule has 2 rings (SSSR count). The number of halogens is 2. The van der Waals surface area contributed by atoms with Gasteiger partial charge in [0.25, 0.3) is 0 Å². The number of benzene rings is 1. The molecule has 10 heteroatoms. The fourth-order valence-corrected chi connectivity index (χ4v) is 2.79. The second-order valence-electron chi connectivity index (χ2n) is 4.22. The highest BCUT2D eigenvalue weighted by atomic mass is 32.2. The molecule has 0 fully saturated rings. The molecule has 0 amide bonds. The molecule has 0 aliphatic heterocycles. The van der Waals surface area contributed by atoms with Gasteiger partial charge in [0.2, 0.25) is 10.0 Å². The van der Waals surface area contributed by atoms with Gasteiger partial charge in [0.15, 0.2) is 0 Å². The molecule has 21 heavy (non-hydrogen) atoms. The summed E-state index contributed by atoms with van der Waals surface area (Å²) < 4.78 is 54.1. The Morgan fingerprint density at radius 2 is 2.05 bits per heavy atom. The molecule has 0 aliphatic carbocycles. The van der Waals surface area contributed by atoms with Crippen LogP contribution in [0.2, 0.25) is 0 Å². The molecule has 3 N–H and O–H groups in total. The van der Waals surface area contributed by atoms with Crippen LogP contribution in [0.15, 0.2) is 29.4 Å². The van der Waals surface area contributed by atoms with Gasteiger partial charge >= 0.3 is 0 Å². The quantitative estimate of drug-likeness (QED) is 0.597. The number of anilines is 1. The summed E-state index contributed by atoms with van der Waals surface area (Å²) in [5, 5.41) is 7.32. The number of nitrogen functional groups attached to an aromatic ring is 1. The van der Waals surface area contributed by atoms with Crippen molar-refractivity contribution in [2.75, 3.05) is 12.3 Å². The molecule has 0 bridgehead atoms. The van der Waals surface area contributed by atoms with Gasteiger partial charge in [-0.25, -0.2) is 21.9 Å². The van der Waals surface area contributed by atoms with Crippen molar-refractivity contribution < 1.29 is 17.2 Å². The summed E-state index contributed by atoms with van der Waals surface area (Å²) in [6, 6.07) is 1.20. The van der Waals surface area contributed by atoms with Gasteiger partial charge in [-0.15, -0.1) is 5.10 Å². The zero-order valence-corrected chi connectivity index (χ0v) is 11.6. The van der Waals surface area contributed by atoms with Crippen LogP contribution in [0.5, 0.6) is 0 Å². The van der Waals surface area contributed by atoms with Crippen molar-refractivity contribution in [1.29, 1.82) is 0 Å². The molecule has 2 aromatic rings. The second kappa shape index (κ2) is 6.14. The minimum Gasteiger partial charge on any atom is -0.396 e. The SMILES string of the molecule is Nc1cc(S(=O)(=O)NCCCn2ccnn2)c(F)cc1F. The van der Waals surface area contributed by atoms with Crippen LogP contribution in [0, 0.1) is 11.6 Å². The Morgan fingerprint density at radius 3 is 2.71 bits per heavy atom. The van der Waals surface area contributed by atoms with E-state index in [0.29, 0.717) is 19.0 Å². The van der Waals surface area contributed by atoms with Gasteiger partial charge in [-0.3, -0.25) is 4.68 Å². The van der Waals surface area contributed by atoms with E-state index in [-0.39, 0.29) is 6.54 Å². The highest BCUT2D eigenvalue weighted by Crippen LogP contribution is 2.20. The van der Waals surface area contributed by atoms with Crippen molar-refractivity contribution in [3.05, 3.63) is 36.2 Å². The fourth-order valence-electron chi connectivity index (χ4n) is 1.63. The third kappa shape index (κ3) is 3.73. The van der Waals surface area contributed by atoms with E-state index in [0.717, 1.165) is 6.07 Å². The Labute approximate surface area is 119 Å². The first-order valence-electron chi connectivity index (χ1n) is 5.98. The largest absolute Gasteiger partial charge is 0.396 e. The molecular formula is C11H13F2N5O2S. The molecule has 1 heterocycles. The molecule has 0 radical (unpaired) electrons. The van der Waals surface area contributed by atoms with Crippen LogP contribution in [0.4, 0.5) is 14.5 Å². The number of aryl methyl sites for hydroxylation is 1. The van der Waals surface area contributed by atoms with E-state index in [1.165, 1.54) is 10.9 Å². The number of nitrogens with one attached hydrogen (secondary N) is 1. The zero-order chi connectivity index (χ0) is 15.5. The topological polar surface area (TPSA) is 103 Å². The third-order valence-corrected chi connectivity index (χ3v) is 4.14. The van der Waals surface area contributed by atoms with Crippen molar-refractivity contribution in [2.24, 2.45) is 0 Å². The van der Waals surface area contributed by atoms with Crippen LogP contribution in [0.1, 0.15) is 6.42 Å². The van der Waals surface area contributed by atoms with Crippen LogP contribution in [-0.2, 0) is 16.6 Å². The van der Waals surface area contributed by atoms with E-state index in [1.807, 2.05) is 0 Å². The van der Waals surface area contributed by atoms with Gasteiger partial charge in [-0.2, -0.15) is 0 Å². The average molecular weight is 317 g/mol. The molecule has 0 aliphatic rings. The van der Waals surface area contributed by atoms with E-state index in [1.54, 1.807) is 6.20 Å². The lowest BCUT2D eigenvalue weighted by atomic mass is 10.3. The number of rotatable bonds is 6. The van der Waals surface area contributed by atoms with E-state index >= 15 is 0 Å². The predicted octanol–water partition coefficient (Wildman–Crippen LogP) is 0.507. The first-order valence-corrected chi connectivity index (χ1v) is 7.47. The number of hydrogen-bond donors (Lipinski definition) is 2. The van der Waals surface area contributed by atoms with Crippen molar-refractivity contribution >= 4 is 15.7 Å². The maximum absolute atomic E-state index is 13.5. The van der Waals surface area contributed by atoms with Gasteiger partial charge in [-0.05, 0) is 12.5 Å². The Kier molecular flexibility index (Phi) is 4.48. The maximum atomic E-state index is 13.5. The van der Waals surface area contributed by atoms with Crippen LogP contribution in [0.3, 0.4) is 0 Å². The van der Waals surface area contributed by atoms with Crippen molar-refractivity contribution in [3.8, 4) is 0 Å². The summed E-state index contributed by atoms with van der Waals surface area (Å²) in [5.74, 6) is -2.19. The Hall–Kier alpha value is -2.07. The normalized spacial score (nSPS) is 11.7. The Morgan fingerprint density at radius 1 is 1.29 bits per heavy atom. The second-order valence-corrected chi connectivity index (χ2v) is 5.96. The maximum Gasteiger partial charge on any atom is 0.243 e. The van der Waals surface area contributed by atoms with Crippen molar-refractivity contribution in [2.45, 2.75) is 17.9 Å². The summed E-state index contributed by atoms with van der Waals surface area (Å²) in [4.78, 5) is -0.679. The van der Waals surface area contributed by atoms with E-state index in [2.05, 4.69) is 15.0 Å². The van der Waals surface area contributed by atoms with Gasteiger partial charge in [0.1, 0.15) is 16.5 Å². The van der Waals surface area contributed by atoms with Gasteiger partial charge in [-0.1, -0.05) is 5.21 Å². The van der Waals surface area contributed by atoms with E-state index in [4.69, 9.17) is 5.73 Å². The van der Waals surface area contributed by atoms with Crippen LogP contribution in [0.25, 0.3) is 0 Å². The van der Waals surface area contributed by atoms with Crippen LogP contribution >= 0.6 is 0 Å². The molecule has 1 aromatic heterocycles. The molecule has 0 spiro atoms. The predicted molar refractivity (Wildman–Crippen MR) is 70.6 cm³/mol. The van der Waals surface area contributed by atoms with E-state index in [9.17, 15) is 17.2 Å². The molecule has 7 nitrogen and oxygen atoms in total. The third-order valence-electron chi connectivity index (χ3n) is 2.67. The highest BCUT2D eigenvalue weighted by molar-refractivity contribution is 7.89. The molecule has 0 unspecified atom stereocenters. The smallest absolute Gasteiger partial charge is 0.243 e. The highest BCUT2D eigenvalue weighted by Gasteiger charge is 2.20. The number of nitrogens with two attached hydrogens (primary N) is 1. The van der Waals surface area contributed by atoms with E-state index < -0.39 is 32.2 Å². The average Bonchev–Trinajstić information content (AvgIpc) is 2.92. The van der Waals surface area contributed by atoms with Crippen molar-refractivity contribution in [3.63, 3.8) is 0 Å². The molecule has 1 aromatic carbocycles. The number of hydrogen-bond acceptors (Lipinski definition) is 5. The van der Waals surface area contributed by atoms with Crippen LogP contribution < -0.4 is 10.5 Å². The molecule has 0 atom stereocenters. The monoisotopic (exact) mass is 317 g/mol. The Bertz CT molecular complexity index is 718. The molecule has 114 valence electrons. The number of aromatic nitrogens is 3. The fraction of sp³-hybridized carbons (Fsp3) is 0.273. The Balaban J connectivity index is 2.00. The number of nitrogens with zero attached hydrogens (tertiary/aromatic N) is 3. The molecule has 0 saturated heterocycles. The lowest BCUT2D eigenvalue weighted by Crippen LogP contribution is -2.26.